The minimum absolute atomic E-state index is 0.0420. The van der Waals surface area contributed by atoms with Gasteiger partial charge in [0.2, 0.25) is 34.4 Å². The van der Waals surface area contributed by atoms with Crippen molar-refractivity contribution in [2.24, 2.45) is 0 Å². The molecule has 6 aromatic rings. The molecule has 22 heteroatoms. The van der Waals surface area contributed by atoms with E-state index in [9.17, 15) is 25.9 Å². The molecule has 0 bridgehead atoms. The van der Waals surface area contributed by atoms with E-state index in [0.717, 1.165) is 12.1 Å². The van der Waals surface area contributed by atoms with Gasteiger partial charge in [-0.1, -0.05) is 59.6 Å². The van der Waals surface area contributed by atoms with Crippen LogP contribution in [0.3, 0.4) is 0 Å². The summed E-state index contributed by atoms with van der Waals surface area (Å²) in [5.74, 6) is -0.0316. The Labute approximate surface area is 327 Å². The third-order valence-electron chi connectivity index (χ3n) is 7.32. The molecule has 0 radical (unpaired) electrons. The SMILES string of the molecule is O=S(=O)(O)c1cc(Nc2nc(Cl)nc(Nc3ccccc3Cl)n2)ccc1CCc1ccc(Nc2nc(Cl)nc(Nc3ccccc3Cl)n2)cc1S(=O)(=O)O. The summed E-state index contributed by atoms with van der Waals surface area (Å²) in [5, 5.41) is 11.9. The molecular formula is C32H24Cl4N10O6S2. The van der Waals surface area contributed by atoms with E-state index in [4.69, 9.17) is 46.4 Å². The molecule has 0 saturated carbocycles. The number of aryl methyl sites for hydroxylation is 2. The van der Waals surface area contributed by atoms with Crippen LogP contribution in [0.5, 0.6) is 0 Å². The number of aromatic nitrogens is 6. The van der Waals surface area contributed by atoms with Crippen molar-refractivity contribution in [3.63, 3.8) is 0 Å². The van der Waals surface area contributed by atoms with Gasteiger partial charge in [0.25, 0.3) is 20.2 Å². The molecule has 16 nitrogen and oxygen atoms in total. The Hall–Kier alpha value is -4.92. The maximum absolute atomic E-state index is 12.5. The molecule has 278 valence electrons. The number of halogens is 4. The van der Waals surface area contributed by atoms with Crippen molar-refractivity contribution in [2.75, 3.05) is 21.3 Å². The first kappa shape index (κ1) is 38.8. The van der Waals surface area contributed by atoms with Gasteiger partial charge in [-0.15, -0.1) is 0 Å². The van der Waals surface area contributed by atoms with E-state index in [-0.39, 0.29) is 69.7 Å². The normalized spacial score (nSPS) is 11.6. The van der Waals surface area contributed by atoms with Crippen LogP contribution in [-0.4, -0.2) is 55.8 Å². The number of benzene rings is 4. The van der Waals surface area contributed by atoms with E-state index in [1.165, 1.54) is 24.3 Å². The molecular weight excluding hydrogens is 826 g/mol. The van der Waals surface area contributed by atoms with Gasteiger partial charge in [0.1, 0.15) is 0 Å². The molecule has 2 heterocycles. The Balaban J connectivity index is 1.21. The quantitative estimate of drug-likeness (QED) is 0.0606. The van der Waals surface area contributed by atoms with Gasteiger partial charge in [-0.25, -0.2) is 0 Å². The molecule has 6 N–H and O–H groups in total. The standard InChI is InChI=1S/C32H24Cl4N10O6S2/c33-21-5-1-3-7-23(21)39-31-43-27(35)41-29(45-31)37-19-13-11-17(25(15-19)53(47,48)49)9-10-18-12-14-20(16-26(18)54(50,51)52)38-30-42-28(36)44-32(46-30)40-24-8-4-2-6-22(24)34/h1-8,11-16H,9-10H2,(H,47,48,49)(H,50,51,52)(H2,37,39,41,43,45)(H2,38,40,42,44,46). The summed E-state index contributed by atoms with van der Waals surface area (Å²) in [6.07, 6.45) is -0.150. The van der Waals surface area contributed by atoms with Crippen LogP contribution in [0.4, 0.5) is 46.5 Å². The first-order chi connectivity index (χ1) is 25.6. The van der Waals surface area contributed by atoms with Gasteiger partial charge in [-0.3, -0.25) is 9.11 Å². The lowest BCUT2D eigenvalue weighted by Crippen LogP contribution is -2.09. The Morgan fingerprint density at radius 2 is 0.833 bits per heavy atom. The highest BCUT2D eigenvalue weighted by atomic mass is 35.5. The first-order valence-corrected chi connectivity index (χ1v) is 19.6. The van der Waals surface area contributed by atoms with Gasteiger partial charge in [0, 0.05) is 11.4 Å². The predicted molar refractivity (Wildman–Crippen MR) is 206 cm³/mol. The molecule has 0 spiro atoms. The summed E-state index contributed by atoms with van der Waals surface area (Å²) in [5.41, 5.74) is 1.60. The number of nitrogens with one attached hydrogen (secondary N) is 4. The third kappa shape index (κ3) is 9.98. The lowest BCUT2D eigenvalue weighted by molar-refractivity contribution is 0.479. The molecule has 0 aliphatic heterocycles. The Bertz CT molecular complexity index is 2430. The van der Waals surface area contributed by atoms with Crippen LogP contribution in [0.15, 0.2) is 94.7 Å². The van der Waals surface area contributed by atoms with E-state index in [1.54, 1.807) is 48.5 Å². The molecule has 0 amide bonds. The van der Waals surface area contributed by atoms with Crippen LogP contribution in [0, 0.1) is 0 Å². The summed E-state index contributed by atoms with van der Waals surface area (Å²) >= 11 is 24.6. The molecule has 4 aromatic carbocycles. The molecule has 0 aliphatic carbocycles. The zero-order chi connectivity index (χ0) is 38.6. The van der Waals surface area contributed by atoms with E-state index in [0.29, 0.717) is 21.4 Å². The van der Waals surface area contributed by atoms with Crippen LogP contribution >= 0.6 is 46.4 Å². The predicted octanol–water partition coefficient (Wildman–Crippen LogP) is 7.92. The van der Waals surface area contributed by atoms with Crippen molar-refractivity contribution in [1.82, 2.24) is 29.9 Å². The second-order valence-electron chi connectivity index (χ2n) is 11.1. The molecule has 2 aromatic heterocycles. The van der Waals surface area contributed by atoms with E-state index in [1.807, 2.05) is 0 Å². The molecule has 0 unspecified atom stereocenters. The fraction of sp³-hybridized carbons (Fsp3) is 0.0625. The summed E-state index contributed by atoms with van der Waals surface area (Å²) in [6, 6.07) is 21.8. The Morgan fingerprint density at radius 1 is 0.481 bits per heavy atom. The van der Waals surface area contributed by atoms with Gasteiger partial charge in [0.05, 0.1) is 31.2 Å². The lowest BCUT2D eigenvalue weighted by atomic mass is 10.0. The largest absolute Gasteiger partial charge is 0.324 e. The molecule has 6 rings (SSSR count). The summed E-state index contributed by atoms with van der Waals surface area (Å²) in [7, 11) is -9.58. The maximum Gasteiger partial charge on any atom is 0.294 e. The monoisotopic (exact) mass is 848 g/mol. The van der Waals surface area contributed by atoms with Crippen LogP contribution < -0.4 is 21.3 Å². The molecule has 0 aliphatic rings. The summed E-state index contributed by atoms with van der Waals surface area (Å²) < 4.78 is 70.2. The fourth-order valence-corrected chi connectivity index (χ4v) is 7.22. The Kier molecular flexibility index (Phi) is 11.6. The smallest absolute Gasteiger partial charge is 0.294 e. The van der Waals surface area contributed by atoms with E-state index < -0.39 is 30.0 Å². The Morgan fingerprint density at radius 3 is 1.19 bits per heavy atom. The van der Waals surface area contributed by atoms with Crippen molar-refractivity contribution in [1.29, 1.82) is 0 Å². The molecule has 0 atom stereocenters. The second-order valence-corrected chi connectivity index (χ2v) is 15.3. The zero-order valence-electron chi connectivity index (χ0n) is 27.0. The van der Waals surface area contributed by atoms with Crippen molar-refractivity contribution in [2.45, 2.75) is 22.6 Å². The third-order valence-corrected chi connectivity index (χ3v) is 10.2. The average molecular weight is 851 g/mol. The summed E-state index contributed by atoms with van der Waals surface area (Å²) in [4.78, 5) is 23.6. The number of nitrogens with zero attached hydrogens (tertiary/aromatic N) is 6. The highest BCUT2D eigenvalue weighted by Gasteiger charge is 2.21. The number of rotatable bonds is 13. The van der Waals surface area contributed by atoms with Crippen molar-refractivity contribution >= 4 is 113 Å². The lowest BCUT2D eigenvalue weighted by Gasteiger charge is -2.14. The number of hydrogen-bond acceptors (Lipinski definition) is 14. The summed E-state index contributed by atoms with van der Waals surface area (Å²) in [6.45, 7) is 0. The van der Waals surface area contributed by atoms with Gasteiger partial charge in [0.15, 0.2) is 0 Å². The molecule has 0 fully saturated rings. The number of para-hydroxylation sites is 2. The van der Waals surface area contributed by atoms with Crippen LogP contribution in [-0.2, 0) is 33.1 Å². The molecule has 0 saturated heterocycles. The van der Waals surface area contributed by atoms with Gasteiger partial charge in [-0.2, -0.15) is 46.7 Å². The number of anilines is 8. The van der Waals surface area contributed by atoms with Crippen molar-refractivity contribution in [3.05, 3.63) is 117 Å². The highest BCUT2D eigenvalue weighted by molar-refractivity contribution is 7.86. The molecule has 54 heavy (non-hydrogen) atoms. The first-order valence-electron chi connectivity index (χ1n) is 15.2. The van der Waals surface area contributed by atoms with Gasteiger partial charge < -0.3 is 21.3 Å². The minimum atomic E-state index is -4.79. The average Bonchev–Trinajstić information content (AvgIpc) is 3.09. The van der Waals surface area contributed by atoms with Crippen LogP contribution in [0.1, 0.15) is 11.1 Å². The zero-order valence-corrected chi connectivity index (χ0v) is 31.7. The maximum atomic E-state index is 12.5. The van der Waals surface area contributed by atoms with E-state index >= 15 is 0 Å². The second kappa shape index (κ2) is 16.2. The number of hydrogen-bond donors (Lipinski definition) is 6. The topological polar surface area (TPSA) is 234 Å². The fourth-order valence-electron chi connectivity index (χ4n) is 4.98. The van der Waals surface area contributed by atoms with Gasteiger partial charge >= 0.3 is 0 Å². The van der Waals surface area contributed by atoms with Crippen LogP contribution in [0.25, 0.3) is 0 Å². The minimum Gasteiger partial charge on any atom is -0.324 e. The van der Waals surface area contributed by atoms with Gasteiger partial charge in [-0.05, 0) is 95.7 Å². The van der Waals surface area contributed by atoms with Crippen molar-refractivity contribution < 1.29 is 25.9 Å². The highest BCUT2D eigenvalue weighted by Crippen LogP contribution is 2.30. The van der Waals surface area contributed by atoms with Crippen molar-refractivity contribution in [3.8, 4) is 0 Å². The van der Waals surface area contributed by atoms with Crippen LogP contribution in [0.2, 0.25) is 20.6 Å². The van der Waals surface area contributed by atoms with E-state index in [2.05, 4.69) is 51.2 Å².